The van der Waals surface area contributed by atoms with Gasteiger partial charge in [0.15, 0.2) is 0 Å². The lowest BCUT2D eigenvalue weighted by Gasteiger charge is -2.39. The van der Waals surface area contributed by atoms with Crippen molar-refractivity contribution in [1.29, 1.82) is 0 Å². The van der Waals surface area contributed by atoms with Gasteiger partial charge in [0.25, 0.3) is 0 Å². The van der Waals surface area contributed by atoms with Gasteiger partial charge in [0.05, 0.1) is 30.6 Å². The van der Waals surface area contributed by atoms with Gasteiger partial charge in [-0.05, 0) is 26.0 Å². The molecule has 1 aliphatic heterocycles. The maximum atomic E-state index is 11.4. The summed E-state index contributed by atoms with van der Waals surface area (Å²) in [7, 11) is 0. The van der Waals surface area contributed by atoms with E-state index in [0.717, 1.165) is 5.56 Å². The fourth-order valence-corrected chi connectivity index (χ4v) is 2.34. The van der Waals surface area contributed by atoms with E-state index in [2.05, 4.69) is 0 Å². The molecular weight excluding hydrogens is 246 g/mol. The van der Waals surface area contributed by atoms with Crippen LogP contribution in [0.1, 0.15) is 22.8 Å². The standard InChI is InChI=1S/C14H19NO4/c1-9-3-4-13(12(5-9)14(17)18)15-6-11(7-16)19-8-10(15)2/h3-5,10-11,16H,6-8H2,1-2H3,(H,17,18). The molecule has 1 aromatic rings. The van der Waals surface area contributed by atoms with E-state index in [9.17, 15) is 15.0 Å². The summed E-state index contributed by atoms with van der Waals surface area (Å²) >= 11 is 0. The minimum absolute atomic E-state index is 0.0580. The zero-order valence-corrected chi connectivity index (χ0v) is 11.2. The Morgan fingerprint density at radius 1 is 1.53 bits per heavy atom. The molecular formula is C14H19NO4. The van der Waals surface area contributed by atoms with Gasteiger partial charge >= 0.3 is 5.97 Å². The summed E-state index contributed by atoms with van der Waals surface area (Å²) in [5.41, 5.74) is 1.90. The quantitative estimate of drug-likeness (QED) is 0.861. The normalized spacial score (nSPS) is 23.4. The molecule has 1 aliphatic rings. The molecule has 19 heavy (non-hydrogen) atoms. The van der Waals surface area contributed by atoms with Crippen LogP contribution in [0.2, 0.25) is 0 Å². The minimum atomic E-state index is -0.932. The lowest BCUT2D eigenvalue weighted by atomic mass is 10.1. The number of rotatable bonds is 3. The first-order valence-electron chi connectivity index (χ1n) is 6.36. The maximum Gasteiger partial charge on any atom is 0.337 e. The number of carbonyl (C=O) groups is 1. The average molecular weight is 265 g/mol. The molecule has 0 saturated carbocycles. The molecule has 1 heterocycles. The van der Waals surface area contributed by atoms with Crippen molar-refractivity contribution in [2.45, 2.75) is 26.0 Å². The van der Waals surface area contributed by atoms with Gasteiger partial charge in [0.1, 0.15) is 0 Å². The number of carboxylic acid groups (broad SMARTS) is 1. The van der Waals surface area contributed by atoms with Crippen molar-refractivity contribution >= 4 is 11.7 Å². The van der Waals surface area contributed by atoms with Crippen molar-refractivity contribution in [2.24, 2.45) is 0 Å². The maximum absolute atomic E-state index is 11.4. The number of anilines is 1. The van der Waals surface area contributed by atoms with E-state index >= 15 is 0 Å². The lowest BCUT2D eigenvalue weighted by molar-refractivity contribution is -0.0104. The molecule has 2 rings (SSSR count). The van der Waals surface area contributed by atoms with Crippen LogP contribution in [0.4, 0.5) is 5.69 Å². The van der Waals surface area contributed by atoms with Gasteiger partial charge in [0.2, 0.25) is 0 Å². The molecule has 1 saturated heterocycles. The fourth-order valence-electron chi connectivity index (χ4n) is 2.34. The topological polar surface area (TPSA) is 70.0 Å². The smallest absolute Gasteiger partial charge is 0.337 e. The number of benzene rings is 1. The summed E-state index contributed by atoms with van der Waals surface area (Å²) in [6.07, 6.45) is -0.265. The molecule has 2 unspecified atom stereocenters. The molecule has 5 heteroatoms. The van der Waals surface area contributed by atoms with Crippen LogP contribution < -0.4 is 4.90 Å². The largest absolute Gasteiger partial charge is 0.478 e. The Labute approximate surface area is 112 Å². The summed E-state index contributed by atoms with van der Waals surface area (Å²) in [6.45, 7) is 4.78. The first-order chi connectivity index (χ1) is 9.02. The number of hydrogen-bond acceptors (Lipinski definition) is 4. The molecule has 2 atom stereocenters. The molecule has 0 bridgehead atoms. The highest BCUT2D eigenvalue weighted by molar-refractivity contribution is 5.94. The first kappa shape index (κ1) is 13.8. The molecule has 104 valence electrons. The molecule has 0 spiro atoms. The van der Waals surface area contributed by atoms with Crippen LogP contribution in [0.5, 0.6) is 0 Å². The third-order valence-corrected chi connectivity index (χ3v) is 3.40. The summed E-state index contributed by atoms with van der Waals surface area (Å²) in [4.78, 5) is 13.4. The van der Waals surface area contributed by atoms with Crippen molar-refractivity contribution in [2.75, 3.05) is 24.7 Å². The number of aromatic carboxylic acids is 1. The van der Waals surface area contributed by atoms with Gasteiger partial charge in [-0.1, -0.05) is 11.6 Å². The average Bonchev–Trinajstić information content (AvgIpc) is 2.39. The molecule has 2 N–H and O–H groups in total. The van der Waals surface area contributed by atoms with Crippen molar-refractivity contribution in [3.8, 4) is 0 Å². The van der Waals surface area contributed by atoms with Crippen LogP contribution in [0.25, 0.3) is 0 Å². The predicted octanol–water partition coefficient (Wildman–Crippen LogP) is 1.28. The Kier molecular flexibility index (Phi) is 4.07. The van der Waals surface area contributed by atoms with Gasteiger partial charge < -0.3 is 19.8 Å². The monoisotopic (exact) mass is 265 g/mol. The summed E-state index contributed by atoms with van der Waals surface area (Å²) in [5, 5.41) is 18.5. The Hall–Kier alpha value is -1.59. The van der Waals surface area contributed by atoms with Crippen LogP contribution in [0, 0.1) is 6.92 Å². The zero-order chi connectivity index (χ0) is 14.0. The number of aliphatic hydroxyl groups excluding tert-OH is 1. The summed E-state index contributed by atoms with van der Waals surface area (Å²) in [5.74, 6) is -0.932. The van der Waals surface area contributed by atoms with Gasteiger partial charge in [0, 0.05) is 12.6 Å². The van der Waals surface area contributed by atoms with Gasteiger partial charge in [-0.15, -0.1) is 0 Å². The molecule has 5 nitrogen and oxygen atoms in total. The summed E-state index contributed by atoms with van der Waals surface area (Å²) < 4.78 is 5.48. The highest BCUT2D eigenvalue weighted by atomic mass is 16.5. The van der Waals surface area contributed by atoms with Crippen molar-refractivity contribution in [3.63, 3.8) is 0 Å². The highest BCUT2D eigenvalue weighted by Crippen LogP contribution is 2.26. The van der Waals surface area contributed by atoms with E-state index in [-0.39, 0.29) is 18.8 Å². The van der Waals surface area contributed by atoms with Crippen LogP contribution in [0.3, 0.4) is 0 Å². The molecule has 0 amide bonds. The van der Waals surface area contributed by atoms with E-state index in [1.807, 2.05) is 30.9 Å². The van der Waals surface area contributed by atoms with Crippen LogP contribution >= 0.6 is 0 Å². The van der Waals surface area contributed by atoms with E-state index in [4.69, 9.17) is 4.74 Å². The molecule has 0 aliphatic carbocycles. The Morgan fingerprint density at radius 3 is 2.89 bits per heavy atom. The van der Waals surface area contributed by atoms with Crippen molar-refractivity contribution in [3.05, 3.63) is 29.3 Å². The third kappa shape index (κ3) is 2.88. The van der Waals surface area contributed by atoms with E-state index in [0.29, 0.717) is 24.4 Å². The predicted molar refractivity (Wildman–Crippen MR) is 71.8 cm³/mol. The number of aryl methyl sites for hydroxylation is 1. The second-order valence-corrected chi connectivity index (χ2v) is 4.97. The zero-order valence-electron chi connectivity index (χ0n) is 11.2. The number of carboxylic acids is 1. The van der Waals surface area contributed by atoms with Crippen LogP contribution in [-0.4, -0.2) is 48.1 Å². The SMILES string of the molecule is Cc1ccc(N2CC(CO)OCC2C)c(C(=O)O)c1. The number of ether oxygens (including phenoxy) is 1. The summed E-state index contributed by atoms with van der Waals surface area (Å²) in [6, 6.07) is 5.49. The van der Waals surface area contributed by atoms with Crippen molar-refractivity contribution in [1.82, 2.24) is 0 Å². The Bertz CT molecular complexity index is 475. The lowest BCUT2D eigenvalue weighted by Crippen LogP contribution is -2.50. The van der Waals surface area contributed by atoms with E-state index in [1.54, 1.807) is 6.07 Å². The Morgan fingerprint density at radius 2 is 2.26 bits per heavy atom. The number of aliphatic hydroxyl groups is 1. The highest BCUT2D eigenvalue weighted by Gasteiger charge is 2.28. The van der Waals surface area contributed by atoms with Crippen LogP contribution in [-0.2, 0) is 4.74 Å². The minimum Gasteiger partial charge on any atom is -0.478 e. The van der Waals surface area contributed by atoms with Crippen LogP contribution in [0.15, 0.2) is 18.2 Å². The third-order valence-electron chi connectivity index (χ3n) is 3.40. The first-order valence-corrected chi connectivity index (χ1v) is 6.36. The number of hydrogen-bond donors (Lipinski definition) is 2. The Balaban J connectivity index is 2.36. The van der Waals surface area contributed by atoms with E-state index in [1.165, 1.54) is 0 Å². The fraction of sp³-hybridized carbons (Fsp3) is 0.500. The van der Waals surface area contributed by atoms with Gasteiger partial charge in [-0.3, -0.25) is 0 Å². The van der Waals surface area contributed by atoms with Gasteiger partial charge in [-0.2, -0.15) is 0 Å². The van der Waals surface area contributed by atoms with Crippen molar-refractivity contribution < 1.29 is 19.7 Å². The molecule has 0 aromatic heterocycles. The second-order valence-electron chi connectivity index (χ2n) is 4.97. The van der Waals surface area contributed by atoms with Gasteiger partial charge in [-0.25, -0.2) is 4.79 Å². The molecule has 1 fully saturated rings. The number of nitrogens with zero attached hydrogens (tertiary/aromatic N) is 1. The molecule has 0 radical (unpaired) electrons. The van der Waals surface area contributed by atoms with E-state index < -0.39 is 5.97 Å². The second kappa shape index (κ2) is 5.59. The number of morpholine rings is 1. The molecule has 1 aromatic carbocycles.